The maximum Gasteiger partial charge on any atom is 0.261 e. The van der Waals surface area contributed by atoms with E-state index in [-0.39, 0.29) is 17.8 Å². The van der Waals surface area contributed by atoms with Crippen molar-refractivity contribution in [3.05, 3.63) is 30.1 Å². The van der Waals surface area contributed by atoms with Crippen LogP contribution in [0.15, 0.2) is 24.3 Å². The molecule has 1 aromatic rings. The van der Waals surface area contributed by atoms with Gasteiger partial charge in [0, 0.05) is 6.04 Å². The van der Waals surface area contributed by atoms with Crippen LogP contribution in [0.3, 0.4) is 0 Å². The molecular formula is C15H22FNO2. The zero-order chi connectivity index (χ0) is 14.4. The third-order valence-corrected chi connectivity index (χ3v) is 3.13. The molecule has 0 radical (unpaired) electrons. The van der Waals surface area contributed by atoms with Crippen molar-refractivity contribution in [2.24, 2.45) is 5.92 Å². The molecule has 0 heterocycles. The molecule has 3 nitrogen and oxygen atoms in total. The number of ether oxygens (including phenoxy) is 1. The average Bonchev–Trinajstić information content (AvgIpc) is 2.37. The fourth-order valence-corrected chi connectivity index (χ4v) is 1.48. The van der Waals surface area contributed by atoms with Crippen LogP contribution < -0.4 is 10.1 Å². The van der Waals surface area contributed by atoms with Gasteiger partial charge < -0.3 is 10.1 Å². The number of halogens is 1. The van der Waals surface area contributed by atoms with Gasteiger partial charge >= 0.3 is 0 Å². The van der Waals surface area contributed by atoms with Crippen molar-refractivity contribution in [1.82, 2.24) is 5.32 Å². The first-order chi connectivity index (χ1) is 8.93. The van der Waals surface area contributed by atoms with E-state index in [4.69, 9.17) is 4.74 Å². The van der Waals surface area contributed by atoms with E-state index in [1.165, 1.54) is 24.3 Å². The average molecular weight is 267 g/mol. The summed E-state index contributed by atoms with van der Waals surface area (Å²) < 4.78 is 18.4. The van der Waals surface area contributed by atoms with Gasteiger partial charge in [-0.25, -0.2) is 4.39 Å². The van der Waals surface area contributed by atoms with Gasteiger partial charge in [-0.1, -0.05) is 20.8 Å². The quantitative estimate of drug-likeness (QED) is 0.860. The highest BCUT2D eigenvalue weighted by Crippen LogP contribution is 2.14. The number of nitrogens with one attached hydrogen (secondary N) is 1. The number of benzene rings is 1. The van der Waals surface area contributed by atoms with Crippen LogP contribution in [0.1, 0.15) is 34.1 Å². The fraction of sp³-hybridized carbons (Fsp3) is 0.533. The van der Waals surface area contributed by atoms with Crippen LogP contribution >= 0.6 is 0 Å². The van der Waals surface area contributed by atoms with Crippen LogP contribution in [0.5, 0.6) is 5.75 Å². The van der Waals surface area contributed by atoms with Crippen LogP contribution in [0.25, 0.3) is 0 Å². The van der Waals surface area contributed by atoms with Gasteiger partial charge in [0.15, 0.2) is 6.10 Å². The second-order valence-corrected chi connectivity index (χ2v) is 5.01. The number of amides is 1. The van der Waals surface area contributed by atoms with E-state index in [1.807, 2.05) is 27.7 Å². The Bertz CT molecular complexity index is 403. The number of carbonyl (C=O) groups is 1. The number of hydrogen-bond donors (Lipinski definition) is 1. The third kappa shape index (κ3) is 4.89. The third-order valence-electron chi connectivity index (χ3n) is 3.13. The lowest BCUT2D eigenvalue weighted by Gasteiger charge is -2.22. The lowest BCUT2D eigenvalue weighted by Crippen LogP contribution is -2.44. The lowest BCUT2D eigenvalue weighted by atomic mass is 10.1. The van der Waals surface area contributed by atoms with Crippen molar-refractivity contribution in [2.75, 3.05) is 0 Å². The van der Waals surface area contributed by atoms with Crippen LogP contribution in [-0.4, -0.2) is 18.1 Å². The topological polar surface area (TPSA) is 38.3 Å². The summed E-state index contributed by atoms with van der Waals surface area (Å²) >= 11 is 0. The molecule has 0 saturated heterocycles. The fourth-order valence-electron chi connectivity index (χ4n) is 1.48. The second-order valence-electron chi connectivity index (χ2n) is 5.01. The molecule has 0 unspecified atom stereocenters. The first-order valence-corrected chi connectivity index (χ1v) is 6.66. The molecule has 1 amide bonds. The summed E-state index contributed by atoms with van der Waals surface area (Å²) in [5, 5.41) is 2.92. The molecule has 0 aliphatic carbocycles. The zero-order valence-corrected chi connectivity index (χ0v) is 11.9. The maximum absolute atomic E-state index is 12.8. The first-order valence-electron chi connectivity index (χ1n) is 6.66. The zero-order valence-electron chi connectivity index (χ0n) is 11.9. The van der Waals surface area contributed by atoms with Gasteiger partial charge in [0.05, 0.1) is 0 Å². The van der Waals surface area contributed by atoms with Gasteiger partial charge in [0.1, 0.15) is 11.6 Å². The molecule has 4 heteroatoms. The van der Waals surface area contributed by atoms with E-state index in [0.717, 1.165) is 0 Å². The smallest absolute Gasteiger partial charge is 0.261 e. The normalized spacial score (nSPS) is 14.0. The number of hydrogen-bond acceptors (Lipinski definition) is 2. The van der Waals surface area contributed by atoms with E-state index in [2.05, 4.69) is 5.32 Å². The number of carbonyl (C=O) groups excluding carboxylic acids is 1. The summed E-state index contributed by atoms with van der Waals surface area (Å²) in [5.74, 6) is 0.416. The monoisotopic (exact) mass is 267 g/mol. The molecular weight excluding hydrogens is 245 g/mol. The Kier molecular flexibility index (Phi) is 5.80. The van der Waals surface area contributed by atoms with E-state index in [1.54, 1.807) is 0 Å². The van der Waals surface area contributed by atoms with Gasteiger partial charge in [-0.15, -0.1) is 0 Å². The first kappa shape index (κ1) is 15.5. The predicted molar refractivity (Wildman–Crippen MR) is 73.5 cm³/mol. The Balaban J connectivity index is 2.62. The molecule has 0 bridgehead atoms. The maximum atomic E-state index is 12.8. The highest BCUT2D eigenvalue weighted by Gasteiger charge is 2.21. The minimum atomic E-state index is -0.549. The minimum absolute atomic E-state index is 0.0957. The Hall–Kier alpha value is -1.58. The van der Waals surface area contributed by atoms with Gasteiger partial charge in [0.25, 0.3) is 5.91 Å². The Labute approximate surface area is 114 Å². The molecule has 1 N–H and O–H groups in total. The molecule has 0 aliphatic rings. The van der Waals surface area contributed by atoms with Gasteiger partial charge in [-0.2, -0.15) is 0 Å². The molecule has 0 fully saturated rings. The van der Waals surface area contributed by atoms with E-state index in [9.17, 15) is 9.18 Å². The molecule has 106 valence electrons. The Morgan fingerprint density at radius 3 is 2.32 bits per heavy atom. The van der Waals surface area contributed by atoms with Crippen molar-refractivity contribution in [1.29, 1.82) is 0 Å². The van der Waals surface area contributed by atoms with Crippen molar-refractivity contribution >= 4 is 5.91 Å². The van der Waals surface area contributed by atoms with Gasteiger partial charge in [-0.3, -0.25) is 4.79 Å². The van der Waals surface area contributed by atoms with Gasteiger partial charge in [-0.05, 0) is 43.5 Å². The molecule has 0 aromatic heterocycles. The van der Waals surface area contributed by atoms with Crippen LogP contribution in [0.2, 0.25) is 0 Å². The van der Waals surface area contributed by atoms with E-state index in [0.29, 0.717) is 18.1 Å². The second kappa shape index (κ2) is 7.12. The van der Waals surface area contributed by atoms with Crippen LogP contribution in [-0.2, 0) is 4.79 Å². The predicted octanol–water partition coefficient (Wildman–Crippen LogP) is 3.14. The summed E-state index contributed by atoms with van der Waals surface area (Å²) in [7, 11) is 0. The molecule has 19 heavy (non-hydrogen) atoms. The Morgan fingerprint density at radius 1 is 1.26 bits per heavy atom. The summed E-state index contributed by atoms with van der Waals surface area (Å²) in [4.78, 5) is 12.1. The SMILES string of the molecule is CC[C@H](Oc1ccc(F)cc1)C(=O)N[C@H](C)C(C)C. The molecule has 0 spiro atoms. The summed E-state index contributed by atoms with van der Waals surface area (Å²) in [6.07, 6.45) is 0.0141. The molecule has 0 aliphatic heterocycles. The highest BCUT2D eigenvalue weighted by atomic mass is 19.1. The van der Waals surface area contributed by atoms with Gasteiger partial charge in [0.2, 0.25) is 0 Å². The summed E-state index contributed by atoms with van der Waals surface area (Å²) in [6, 6.07) is 5.78. The Morgan fingerprint density at radius 2 is 1.84 bits per heavy atom. The van der Waals surface area contributed by atoms with Crippen molar-refractivity contribution in [2.45, 2.75) is 46.3 Å². The van der Waals surface area contributed by atoms with Crippen molar-refractivity contribution in [3.63, 3.8) is 0 Å². The van der Waals surface area contributed by atoms with Crippen LogP contribution in [0.4, 0.5) is 4.39 Å². The largest absolute Gasteiger partial charge is 0.481 e. The highest BCUT2D eigenvalue weighted by molar-refractivity contribution is 5.81. The molecule has 1 rings (SSSR count). The molecule has 1 aromatic carbocycles. The lowest BCUT2D eigenvalue weighted by molar-refractivity contribution is -0.129. The standard InChI is InChI=1S/C15H22FNO2/c1-5-14(15(18)17-11(4)10(2)3)19-13-8-6-12(16)7-9-13/h6-11,14H,5H2,1-4H3,(H,17,18)/t11-,14+/m1/s1. The van der Waals surface area contributed by atoms with E-state index < -0.39 is 6.10 Å². The minimum Gasteiger partial charge on any atom is -0.481 e. The molecule has 0 saturated carbocycles. The molecule has 2 atom stereocenters. The van der Waals surface area contributed by atoms with E-state index >= 15 is 0 Å². The summed E-state index contributed by atoms with van der Waals surface area (Å²) in [5.41, 5.74) is 0. The van der Waals surface area contributed by atoms with Crippen molar-refractivity contribution in [3.8, 4) is 5.75 Å². The number of rotatable bonds is 6. The van der Waals surface area contributed by atoms with Crippen LogP contribution in [0, 0.1) is 11.7 Å². The van der Waals surface area contributed by atoms with Crippen molar-refractivity contribution < 1.29 is 13.9 Å². The summed E-state index contributed by atoms with van der Waals surface area (Å²) in [6.45, 7) is 7.94.